The highest BCUT2D eigenvalue weighted by atomic mass is 79.9. The average molecular weight is 338 g/mol. The fraction of sp³-hybridized carbons (Fsp3) is 0.583. The van der Waals surface area contributed by atoms with Gasteiger partial charge in [0.15, 0.2) is 0 Å². The maximum absolute atomic E-state index is 5.81. The lowest BCUT2D eigenvalue weighted by molar-refractivity contribution is 0.0691. The summed E-state index contributed by atoms with van der Waals surface area (Å²) in [5, 5.41) is 3.87. The first-order valence-corrected chi connectivity index (χ1v) is 7.02. The molecule has 1 heterocycles. The van der Waals surface area contributed by atoms with Gasteiger partial charge in [-0.25, -0.2) is 4.98 Å². The summed E-state index contributed by atoms with van der Waals surface area (Å²) in [6.07, 6.45) is 3.67. The van der Waals surface area contributed by atoms with Crippen LogP contribution in [0.2, 0.25) is 5.02 Å². The Hall–Kier alpha value is -0.360. The standard InChI is InChI=1S/C12H18BrClN2O2/c1-17-6-7-18-5-3-2-4-15-12-11(13)8-10(14)9-16-12/h8-9H,2-7H2,1H3,(H,15,16). The van der Waals surface area contributed by atoms with Gasteiger partial charge < -0.3 is 14.8 Å². The normalized spacial score (nSPS) is 10.6. The molecule has 4 nitrogen and oxygen atoms in total. The molecule has 0 spiro atoms. The predicted octanol–water partition coefficient (Wildman–Crippen LogP) is 3.35. The van der Waals surface area contributed by atoms with E-state index in [9.17, 15) is 0 Å². The van der Waals surface area contributed by atoms with Gasteiger partial charge in [-0.1, -0.05) is 11.6 Å². The number of nitrogens with one attached hydrogen (secondary N) is 1. The van der Waals surface area contributed by atoms with E-state index in [2.05, 4.69) is 26.2 Å². The number of pyridine rings is 1. The molecule has 0 aliphatic heterocycles. The summed E-state index contributed by atoms with van der Waals surface area (Å²) in [7, 11) is 1.67. The van der Waals surface area contributed by atoms with E-state index in [1.807, 2.05) is 6.07 Å². The summed E-state index contributed by atoms with van der Waals surface area (Å²) in [6, 6.07) is 1.82. The Balaban J connectivity index is 2.07. The van der Waals surface area contributed by atoms with E-state index >= 15 is 0 Å². The summed E-state index contributed by atoms with van der Waals surface area (Å²) in [4.78, 5) is 4.20. The van der Waals surface area contributed by atoms with Gasteiger partial charge in [-0.05, 0) is 34.8 Å². The van der Waals surface area contributed by atoms with E-state index in [-0.39, 0.29) is 0 Å². The van der Waals surface area contributed by atoms with Gasteiger partial charge in [-0.15, -0.1) is 0 Å². The smallest absolute Gasteiger partial charge is 0.140 e. The lowest BCUT2D eigenvalue weighted by Crippen LogP contribution is -2.07. The molecule has 1 rings (SSSR count). The molecular weight excluding hydrogens is 320 g/mol. The second-order valence-corrected chi connectivity index (χ2v) is 5.01. The Morgan fingerprint density at radius 2 is 2.17 bits per heavy atom. The molecule has 0 bridgehead atoms. The van der Waals surface area contributed by atoms with Crippen LogP contribution in [0, 0.1) is 0 Å². The van der Waals surface area contributed by atoms with Crippen LogP contribution in [0.5, 0.6) is 0 Å². The fourth-order valence-electron chi connectivity index (χ4n) is 1.32. The Bertz CT molecular complexity index is 353. The maximum Gasteiger partial charge on any atom is 0.140 e. The number of aromatic nitrogens is 1. The molecule has 0 aromatic carbocycles. The first-order chi connectivity index (χ1) is 8.74. The molecule has 0 saturated carbocycles. The molecule has 0 unspecified atom stereocenters. The third-order valence-electron chi connectivity index (χ3n) is 2.25. The van der Waals surface area contributed by atoms with Crippen LogP contribution in [-0.2, 0) is 9.47 Å². The van der Waals surface area contributed by atoms with Crippen LogP contribution in [0.3, 0.4) is 0 Å². The number of nitrogens with zero attached hydrogens (tertiary/aromatic N) is 1. The van der Waals surface area contributed by atoms with Gasteiger partial charge in [0.05, 0.1) is 22.7 Å². The zero-order valence-electron chi connectivity index (χ0n) is 10.4. The molecule has 102 valence electrons. The number of unbranched alkanes of at least 4 members (excludes halogenated alkanes) is 1. The highest BCUT2D eigenvalue weighted by molar-refractivity contribution is 9.10. The quantitative estimate of drug-likeness (QED) is 0.702. The van der Waals surface area contributed by atoms with Crippen LogP contribution in [0.1, 0.15) is 12.8 Å². The number of halogens is 2. The van der Waals surface area contributed by atoms with Crippen molar-refractivity contribution in [1.29, 1.82) is 0 Å². The molecule has 0 radical (unpaired) electrons. The summed E-state index contributed by atoms with van der Waals surface area (Å²) >= 11 is 9.22. The number of hydrogen-bond donors (Lipinski definition) is 1. The topological polar surface area (TPSA) is 43.4 Å². The Morgan fingerprint density at radius 1 is 1.33 bits per heavy atom. The minimum Gasteiger partial charge on any atom is -0.382 e. The van der Waals surface area contributed by atoms with E-state index in [4.69, 9.17) is 21.1 Å². The molecule has 18 heavy (non-hydrogen) atoms. The molecule has 1 aromatic rings. The third-order valence-corrected chi connectivity index (χ3v) is 3.06. The van der Waals surface area contributed by atoms with Gasteiger partial charge in [-0.2, -0.15) is 0 Å². The summed E-state index contributed by atoms with van der Waals surface area (Å²) in [5.74, 6) is 0.819. The molecule has 1 N–H and O–H groups in total. The summed E-state index contributed by atoms with van der Waals surface area (Å²) in [5.41, 5.74) is 0. The van der Waals surface area contributed by atoms with Gasteiger partial charge in [-0.3, -0.25) is 0 Å². The van der Waals surface area contributed by atoms with Gasteiger partial charge in [0.1, 0.15) is 5.82 Å². The average Bonchev–Trinajstić information content (AvgIpc) is 2.35. The SMILES string of the molecule is COCCOCCCCNc1ncc(Cl)cc1Br. The number of hydrogen-bond acceptors (Lipinski definition) is 4. The largest absolute Gasteiger partial charge is 0.382 e. The first-order valence-electron chi connectivity index (χ1n) is 5.85. The summed E-state index contributed by atoms with van der Waals surface area (Å²) in [6.45, 7) is 2.94. The van der Waals surface area contributed by atoms with Crippen LogP contribution < -0.4 is 5.32 Å². The molecule has 0 atom stereocenters. The van der Waals surface area contributed by atoms with Crippen molar-refractivity contribution in [3.8, 4) is 0 Å². The lowest BCUT2D eigenvalue weighted by Gasteiger charge is -2.08. The second kappa shape index (κ2) is 9.55. The minimum atomic E-state index is 0.624. The minimum absolute atomic E-state index is 0.624. The number of rotatable bonds is 9. The predicted molar refractivity (Wildman–Crippen MR) is 77.4 cm³/mol. The van der Waals surface area contributed by atoms with E-state index in [0.717, 1.165) is 36.3 Å². The molecular formula is C12H18BrClN2O2. The Kier molecular flexibility index (Phi) is 8.33. The van der Waals surface area contributed by atoms with Crippen molar-refractivity contribution in [3.05, 3.63) is 21.8 Å². The van der Waals surface area contributed by atoms with E-state index in [1.54, 1.807) is 13.3 Å². The third kappa shape index (κ3) is 6.54. The van der Waals surface area contributed by atoms with Crippen LogP contribution in [-0.4, -0.2) is 38.5 Å². The summed E-state index contributed by atoms with van der Waals surface area (Å²) < 4.78 is 11.1. The first kappa shape index (κ1) is 15.7. The van der Waals surface area contributed by atoms with E-state index in [0.29, 0.717) is 18.2 Å². The van der Waals surface area contributed by atoms with Crippen molar-refractivity contribution in [2.75, 3.05) is 38.8 Å². The van der Waals surface area contributed by atoms with Crippen molar-refractivity contribution in [1.82, 2.24) is 4.98 Å². The van der Waals surface area contributed by atoms with E-state index in [1.165, 1.54) is 0 Å². The molecule has 0 amide bonds. The van der Waals surface area contributed by atoms with Crippen LogP contribution in [0.25, 0.3) is 0 Å². The zero-order valence-corrected chi connectivity index (χ0v) is 12.8. The van der Waals surface area contributed by atoms with Gasteiger partial charge in [0.25, 0.3) is 0 Å². The van der Waals surface area contributed by atoms with Crippen molar-refractivity contribution in [3.63, 3.8) is 0 Å². The highest BCUT2D eigenvalue weighted by Gasteiger charge is 2.01. The molecule has 0 saturated heterocycles. The molecule has 1 aromatic heterocycles. The van der Waals surface area contributed by atoms with Crippen molar-refractivity contribution in [2.24, 2.45) is 0 Å². The fourth-order valence-corrected chi connectivity index (χ4v) is 2.10. The lowest BCUT2D eigenvalue weighted by atomic mass is 10.3. The number of methoxy groups -OCH3 is 1. The molecule has 0 aliphatic carbocycles. The van der Waals surface area contributed by atoms with Crippen molar-refractivity contribution < 1.29 is 9.47 Å². The van der Waals surface area contributed by atoms with E-state index < -0.39 is 0 Å². The monoisotopic (exact) mass is 336 g/mol. The van der Waals surface area contributed by atoms with Crippen molar-refractivity contribution in [2.45, 2.75) is 12.8 Å². The Labute approximate surface area is 121 Å². The van der Waals surface area contributed by atoms with Crippen LogP contribution >= 0.6 is 27.5 Å². The van der Waals surface area contributed by atoms with Crippen LogP contribution in [0.15, 0.2) is 16.7 Å². The maximum atomic E-state index is 5.81. The van der Waals surface area contributed by atoms with Gasteiger partial charge >= 0.3 is 0 Å². The molecule has 0 fully saturated rings. The zero-order chi connectivity index (χ0) is 13.2. The molecule has 0 aliphatic rings. The second-order valence-electron chi connectivity index (χ2n) is 3.72. The molecule has 6 heteroatoms. The number of anilines is 1. The highest BCUT2D eigenvalue weighted by Crippen LogP contribution is 2.22. The van der Waals surface area contributed by atoms with Crippen LogP contribution in [0.4, 0.5) is 5.82 Å². The Morgan fingerprint density at radius 3 is 2.89 bits per heavy atom. The van der Waals surface area contributed by atoms with Crippen molar-refractivity contribution >= 4 is 33.3 Å². The number of ether oxygens (including phenoxy) is 2. The van der Waals surface area contributed by atoms with Gasteiger partial charge in [0.2, 0.25) is 0 Å². The van der Waals surface area contributed by atoms with Gasteiger partial charge in [0, 0.05) is 26.5 Å².